The highest BCUT2D eigenvalue weighted by atomic mass is 16.5. The zero-order valence-corrected chi connectivity index (χ0v) is 17.8. The summed E-state index contributed by atoms with van der Waals surface area (Å²) in [4.78, 5) is 26.9. The normalized spacial score (nSPS) is 14.7. The maximum atomic E-state index is 12.7. The molecule has 0 saturated carbocycles. The summed E-state index contributed by atoms with van der Waals surface area (Å²) in [5.41, 5.74) is 1.47. The fourth-order valence-electron chi connectivity index (χ4n) is 3.54. The lowest BCUT2D eigenvalue weighted by Gasteiger charge is -2.35. The summed E-state index contributed by atoms with van der Waals surface area (Å²) >= 11 is 0. The first-order chi connectivity index (χ1) is 15.6. The van der Waals surface area contributed by atoms with E-state index in [1.54, 1.807) is 7.05 Å². The molecule has 1 heterocycles. The molecule has 1 aliphatic heterocycles. The standard InChI is InChI=1S/C25H25N3O4/c1-26-25(30)23-17-28(20-12-6-8-14-22(20)32-23)16-15-24(29)27-19-11-5-7-13-21(19)31-18-9-3-2-4-10-18/h2-14,23H,15-17H2,1H3,(H,26,30)(H,27,29). The molecule has 1 atom stereocenters. The maximum absolute atomic E-state index is 12.7. The van der Waals surface area contributed by atoms with Crippen LogP contribution < -0.4 is 25.0 Å². The van der Waals surface area contributed by atoms with Crippen LogP contribution in [0, 0.1) is 0 Å². The van der Waals surface area contributed by atoms with Crippen LogP contribution >= 0.6 is 0 Å². The van der Waals surface area contributed by atoms with Crippen LogP contribution in [0.4, 0.5) is 11.4 Å². The second-order valence-electron chi connectivity index (χ2n) is 7.34. The van der Waals surface area contributed by atoms with Crippen molar-refractivity contribution < 1.29 is 19.1 Å². The smallest absolute Gasteiger partial charge is 0.262 e. The first-order valence-corrected chi connectivity index (χ1v) is 10.5. The summed E-state index contributed by atoms with van der Waals surface area (Å²) in [6.07, 6.45) is -0.382. The van der Waals surface area contributed by atoms with Gasteiger partial charge in [-0.3, -0.25) is 9.59 Å². The Bertz CT molecular complexity index is 1090. The van der Waals surface area contributed by atoms with Crippen LogP contribution in [0.25, 0.3) is 0 Å². The summed E-state index contributed by atoms with van der Waals surface area (Å²) in [6, 6.07) is 24.3. The summed E-state index contributed by atoms with van der Waals surface area (Å²) in [7, 11) is 1.58. The lowest BCUT2D eigenvalue weighted by molar-refractivity contribution is -0.127. The van der Waals surface area contributed by atoms with Crippen molar-refractivity contribution in [2.75, 3.05) is 30.4 Å². The number of hydrogen-bond donors (Lipinski definition) is 2. The molecule has 164 valence electrons. The molecule has 7 heteroatoms. The molecule has 0 saturated heterocycles. The van der Waals surface area contributed by atoms with Crippen molar-refractivity contribution in [1.82, 2.24) is 5.32 Å². The molecule has 1 aliphatic rings. The van der Waals surface area contributed by atoms with Crippen LogP contribution in [0.3, 0.4) is 0 Å². The highest BCUT2D eigenvalue weighted by Gasteiger charge is 2.30. The van der Waals surface area contributed by atoms with Crippen LogP contribution in [0.15, 0.2) is 78.9 Å². The van der Waals surface area contributed by atoms with Crippen molar-refractivity contribution in [3.05, 3.63) is 78.9 Å². The fraction of sp³-hybridized carbons (Fsp3) is 0.200. The molecule has 0 fully saturated rings. The second-order valence-corrected chi connectivity index (χ2v) is 7.34. The third-order valence-electron chi connectivity index (χ3n) is 5.14. The zero-order chi connectivity index (χ0) is 22.3. The van der Waals surface area contributed by atoms with Crippen molar-refractivity contribution in [1.29, 1.82) is 0 Å². The number of carbonyl (C=O) groups is 2. The van der Waals surface area contributed by atoms with E-state index in [1.807, 2.05) is 83.8 Å². The van der Waals surface area contributed by atoms with Gasteiger partial charge in [0.25, 0.3) is 5.91 Å². The van der Waals surface area contributed by atoms with E-state index >= 15 is 0 Å². The van der Waals surface area contributed by atoms with E-state index in [0.29, 0.717) is 36.0 Å². The van der Waals surface area contributed by atoms with Gasteiger partial charge in [-0.2, -0.15) is 0 Å². The molecule has 7 nitrogen and oxygen atoms in total. The lowest BCUT2D eigenvalue weighted by atomic mass is 10.1. The lowest BCUT2D eigenvalue weighted by Crippen LogP contribution is -2.48. The summed E-state index contributed by atoms with van der Waals surface area (Å²) in [6.45, 7) is 0.819. The van der Waals surface area contributed by atoms with Crippen molar-refractivity contribution in [2.45, 2.75) is 12.5 Å². The Hall–Kier alpha value is -4.00. The fourth-order valence-corrected chi connectivity index (χ4v) is 3.54. The molecule has 2 N–H and O–H groups in total. The molecule has 0 bridgehead atoms. The van der Waals surface area contributed by atoms with Gasteiger partial charge in [0.15, 0.2) is 11.9 Å². The Labute approximate surface area is 187 Å². The van der Waals surface area contributed by atoms with E-state index in [0.717, 1.165) is 5.69 Å². The number of carbonyl (C=O) groups excluding carboxylic acids is 2. The number of nitrogens with one attached hydrogen (secondary N) is 2. The number of ether oxygens (including phenoxy) is 2. The molecular formula is C25H25N3O4. The van der Waals surface area contributed by atoms with Crippen LogP contribution in [0.5, 0.6) is 17.2 Å². The molecule has 3 aromatic carbocycles. The third-order valence-corrected chi connectivity index (χ3v) is 5.14. The number of para-hydroxylation sites is 5. The second kappa shape index (κ2) is 9.87. The molecule has 3 aromatic rings. The molecule has 0 aromatic heterocycles. The van der Waals surface area contributed by atoms with E-state index < -0.39 is 6.10 Å². The van der Waals surface area contributed by atoms with E-state index in [9.17, 15) is 9.59 Å². The van der Waals surface area contributed by atoms with Gasteiger partial charge in [-0.25, -0.2) is 0 Å². The van der Waals surface area contributed by atoms with Gasteiger partial charge in [-0.05, 0) is 36.4 Å². The van der Waals surface area contributed by atoms with Crippen molar-refractivity contribution in [2.24, 2.45) is 0 Å². The highest BCUT2D eigenvalue weighted by Crippen LogP contribution is 2.33. The number of rotatable bonds is 7. The minimum Gasteiger partial charge on any atom is -0.477 e. The minimum absolute atomic E-state index is 0.144. The molecule has 0 radical (unpaired) electrons. The number of benzene rings is 3. The first-order valence-electron chi connectivity index (χ1n) is 10.5. The summed E-state index contributed by atoms with van der Waals surface area (Å²) in [5, 5.41) is 5.56. The van der Waals surface area contributed by atoms with Gasteiger partial charge < -0.3 is 25.0 Å². The number of hydrogen-bond acceptors (Lipinski definition) is 5. The van der Waals surface area contributed by atoms with Crippen LogP contribution in [-0.4, -0.2) is 38.1 Å². The molecule has 32 heavy (non-hydrogen) atoms. The molecule has 4 rings (SSSR count). The molecule has 1 unspecified atom stereocenters. The Morgan fingerprint density at radius 1 is 1.00 bits per heavy atom. The van der Waals surface area contributed by atoms with Crippen molar-refractivity contribution >= 4 is 23.2 Å². The number of fused-ring (bicyclic) bond motifs is 1. The van der Waals surface area contributed by atoms with E-state index in [-0.39, 0.29) is 18.2 Å². The molecule has 0 spiro atoms. The van der Waals surface area contributed by atoms with Gasteiger partial charge in [-0.15, -0.1) is 0 Å². The Balaban J connectivity index is 1.42. The SMILES string of the molecule is CNC(=O)C1CN(CCC(=O)Nc2ccccc2Oc2ccccc2)c2ccccc2O1. The topological polar surface area (TPSA) is 79.9 Å². The Morgan fingerprint density at radius 2 is 1.72 bits per heavy atom. The highest BCUT2D eigenvalue weighted by molar-refractivity contribution is 5.92. The van der Waals surface area contributed by atoms with Gasteiger partial charge >= 0.3 is 0 Å². The predicted molar refractivity (Wildman–Crippen MR) is 123 cm³/mol. The number of anilines is 2. The quantitative estimate of drug-likeness (QED) is 0.595. The maximum Gasteiger partial charge on any atom is 0.262 e. The Kier molecular flexibility index (Phi) is 6.55. The predicted octanol–water partition coefficient (Wildman–Crippen LogP) is 3.82. The van der Waals surface area contributed by atoms with Gasteiger partial charge in [0, 0.05) is 20.0 Å². The van der Waals surface area contributed by atoms with Gasteiger partial charge in [0.05, 0.1) is 17.9 Å². The van der Waals surface area contributed by atoms with Crippen molar-refractivity contribution in [3.63, 3.8) is 0 Å². The minimum atomic E-state index is -0.627. The van der Waals surface area contributed by atoms with Gasteiger partial charge in [0.2, 0.25) is 5.91 Å². The molecular weight excluding hydrogens is 406 g/mol. The van der Waals surface area contributed by atoms with Gasteiger partial charge in [0.1, 0.15) is 11.5 Å². The van der Waals surface area contributed by atoms with Crippen molar-refractivity contribution in [3.8, 4) is 17.2 Å². The van der Waals surface area contributed by atoms with Crippen LogP contribution in [-0.2, 0) is 9.59 Å². The van der Waals surface area contributed by atoms with Crippen LogP contribution in [0.2, 0.25) is 0 Å². The number of nitrogens with zero attached hydrogens (tertiary/aromatic N) is 1. The van der Waals surface area contributed by atoms with E-state index in [1.165, 1.54) is 0 Å². The van der Waals surface area contributed by atoms with Crippen LogP contribution in [0.1, 0.15) is 6.42 Å². The average Bonchev–Trinajstić information content (AvgIpc) is 2.83. The summed E-state index contributed by atoms with van der Waals surface area (Å²) in [5.74, 6) is 1.56. The largest absolute Gasteiger partial charge is 0.477 e. The third kappa shape index (κ3) is 5.00. The monoisotopic (exact) mass is 431 g/mol. The molecule has 2 amide bonds. The summed E-state index contributed by atoms with van der Waals surface area (Å²) < 4.78 is 11.7. The number of amides is 2. The van der Waals surface area contributed by atoms with E-state index in [2.05, 4.69) is 10.6 Å². The van der Waals surface area contributed by atoms with Gasteiger partial charge in [-0.1, -0.05) is 42.5 Å². The Morgan fingerprint density at radius 3 is 2.53 bits per heavy atom. The first kappa shape index (κ1) is 21.2. The number of likely N-dealkylation sites (N-methyl/N-ethyl adjacent to an activating group) is 1. The molecule has 0 aliphatic carbocycles. The van der Waals surface area contributed by atoms with E-state index in [4.69, 9.17) is 9.47 Å². The average molecular weight is 431 g/mol. The zero-order valence-electron chi connectivity index (χ0n) is 17.8.